The molecule has 0 unspecified atom stereocenters. The van der Waals surface area contributed by atoms with Crippen molar-refractivity contribution < 1.29 is 85.3 Å². The molecule has 0 aliphatic heterocycles. The number of hydrogen-bond donors (Lipinski definition) is 1. The summed E-state index contributed by atoms with van der Waals surface area (Å²) in [6.07, 6.45) is 0. The Morgan fingerprint density at radius 3 is 2.19 bits per heavy atom. The van der Waals surface area contributed by atoms with Crippen LogP contribution in [0.15, 0.2) is 69.2 Å². The van der Waals surface area contributed by atoms with E-state index in [1.807, 2.05) is 0 Å². The van der Waals surface area contributed by atoms with Gasteiger partial charge in [0, 0.05) is 24.7 Å². The van der Waals surface area contributed by atoms with Crippen LogP contribution in [0.25, 0.3) is 0 Å². The molecular weight excluding hydrogens is 499 g/mol. The minimum Gasteiger partial charge on any atom is -0.870 e. The van der Waals surface area contributed by atoms with Gasteiger partial charge in [-0.15, -0.1) is 5.11 Å². The second-order valence-corrected chi connectivity index (χ2v) is 6.78. The van der Waals surface area contributed by atoms with Crippen molar-refractivity contribution in [2.45, 2.75) is 11.8 Å². The summed E-state index contributed by atoms with van der Waals surface area (Å²) in [4.78, 5) is 20.2. The van der Waals surface area contributed by atoms with E-state index in [1.165, 1.54) is 12.1 Å². The fourth-order valence-electron chi connectivity index (χ4n) is 2.03. The van der Waals surface area contributed by atoms with Crippen molar-refractivity contribution in [1.82, 2.24) is 0 Å². The molecule has 0 amide bonds. The Morgan fingerprint density at radius 1 is 1.16 bits per heavy atom. The molecule has 0 aromatic heterocycles. The summed E-state index contributed by atoms with van der Waals surface area (Å²) in [6, 6.07) is 8.81. The first-order chi connectivity index (χ1) is 13.5. The quantitative estimate of drug-likeness (QED) is 0.0795. The Kier molecular flexibility index (Phi) is 13.2. The number of non-ortho nitro benzene ring substituents is 1. The predicted octanol–water partition coefficient (Wildman–Crippen LogP) is -2.29. The van der Waals surface area contributed by atoms with E-state index < -0.39 is 54.4 Å². The summed E-state index contributed by atoms with van der Waals surface area (Å²) >= 11 is 0. The molecule has 0 saturated carbocycles. The van der Waals surface area contributed by atoms with Crippen LogP contribution in [0.1, 0.15) is 6.92 Å². The fraction of sp³-hybridized carbons (Fsp3) is 0.0625. The van der Waals surface area contributed by atoms with Crippen molar-refractivity contribution in [3.8, 4) is 5.75 Å². The molecule has 0 atom stereocenters. The van der Waals surface area contributed by atoms with Gasteiger partial charge >= 0.3 is 46.9 Å². The molecule has 0 aliphatic carbocycles. The third kappa shape index (κ3) is 8.30. The average molecular weight is 511 g/mol. The standard InChI is InChI=1S/C16H14N4O8S.Cr.Na.H2O/c1-9(21)14(16(23)17-10-5-3-2-4-6-10)19-18-12-7-11(20(24)25)8-13(15(12)22)29(26,27)28;;;/h2-8,17,22-23H,1H3,(H,26,27,28);;;1H2/q;+3;+1;/p-4/b16-14-,19-18?;;;. The van der Waals surface area contributed by atoms with Crippen molar-refractivity contribution in [3.63, 3.8) is 0 Å². The van der Waals surface area contributed by atoms with Gasteiger partial charge in [0.2, 0.25) is 0 Å². The van der Waals surface area contributed by atoms with Crippen LogP contribution in [0, 0.1) is 10.1 Å². The number of nitro benzene ring substituents is 1. The molecule has 0 fully saturated rings. The molecule has 2 aromatic rings. The number of anilines is 1. The maximum Gasteiger partial charge on any atom is 3.00 e. The molecule has 0 aliphatic rings. The van der Waals surface area contributed by atoms with Gasteiger partial charge in [-0.3, -0.25) is 14.9 Å². The summed E-state index contributed by atoms with van der Waals surface area (Å²) in [6.45, 7) is 0.984. The molecular formula is C16H12CrN4NaO9S. The first-order valence-electron chi connectivity index (χ1n) is 7.62. The number of ketones is 1. The van der Waals surface area contributed by atoms with Crippen molar-refractivity contribution in [3.05, 3.63) is 64.2 Å². The first-order valence-corrected chi connectivity index (χ1v) is 9.03. The van der Waals surface area contributed by atoms with E-state index in [4.69, 9.17) is 0 Å². The summed E-state index contributed by atoms with van der Waals surface area (Å²) in [5.41, 5.74) is -2.25. The van der Waals surface area contributed by atoms with Gasteiger partial charge in [-0.25, -0.2) is 8.42 Å². The minimum absolute atomic E-state index is 0. The number of benzene rings is 2. The zero-order valence-corrected chi connectivity index (χ0v) is 20.5. The Bertz CT molecular complexity index is 1140. The van der Waals surface area contributed by atoms with E-state index in [2.05, 4.69) is 15.5 Å². The monoisotopic (exact) mass is 511 g/mol. The number of para-hydroxylation sites is 1. The number of allylic oxidation sites excluding steroid dienone is 1. The van der Waals surface area contributed by atoms with Crippen LogP contribution in [-0.4, -0.2) is 29.2 Å². The van der Waals surface area contributed by atoms with Crippen LogP contribution in [0.5, 0.6) is 5.75 Å². The second-order valence-electron chi connectivity index (χ2n) is 5.43. The van der Waals surface area contributed by atoms with Crippen molar-refractivity contribution in [2.75, 3.05) is 5.32 Å². The molecule has 0 heterocycles. The fourth-order valence-corrected chi connectivity index (χ4v) is 2.63. The number of nitrogens with zero attached hydrogens (tertiary/aromatic N) is 3. The molecule has 2 aromatic carbocycles. The topological polar surface area (TPSA) is 230 Å². The maximum atomic E-state index is 12.2. The summed E-state index contributed by atoms with van der Waals surface area (Å²) in [5.74, 6) is -3.29. The summed E-state index contributed by atoms with van der Waals surface area (Å²) in [7, 11) is -5.35. The molecule has 13 nitrogen and oxygen atoms in total. The molecule has 2 rings (SSSR count). The van der Waals surface area contributed by atoms with E-state index in [0.717, 1.165) is 6.92 Å². The molecule has 1 radical (unpaired) electrons. The Morgan fingerprint density at radius 2 is 1.72 bits per heavy atom. The van der Waals surface area contributed by atoms with E-state index in [0.29, 0.717) is 17.8 Å². The third-order valence-corrected chi connectivity index (χ3v) is 4.18. The van der Waals surface area contributed by atoms with E-state index in [9.17, 15) is 38.1 Å². The molecule has 2 N–H and O–H groups in total. The maximum absolute atomic E-state index is 12.2. The van der Waals surface area contributed by atoms with Gasteiger partial charge in [-0.1, -0.05) is 23.9 Å². The van der Waals surface area contributed by atoms with Gasteiger partial charge in [0.1, 0.15) is 15.8 Å². The zero-order chi connectivity index (χ0) is 21.8. The molecule has 16 heteroatoms. The van der Waals surface area contributed by atoms with E-state index in [-0.39, 0.29) is 52.4 Å². The van der Waals surface area contributed by atoms with Gasteiger partial charge in [0.15, 0.2) is 5.78 Å². The second kappa shape index (κ2) is 13.3. The molecule has 32 heavy (non-hydrogen) atoms. The van der Waals surface area contributed by atoms with Crippen LogP contribution in [0.4, 0.5) is 17.1 Å². The number of hydrogen-bond acceptors (Lipinski definition) is 12. The smallest absolute Gasteiger partial charge is 0.870 e. The van der Waals surface area contributed by atoms with Gasteiger partial charge in [0.05, 0.1) is 15.5 Å². The van der Waals surface area contributed by atoms with Crippen LogP contribution in [-0.2, 0) is 32.3 Å². The molecule has 0 bridgehead atoms. The number of Topliss-reactive ketones (excluding diaryl/α,β-unsaturated/α-hetero) is 1. The summed E-state index contributed by atoms with van der Waals surface area (Å²) in [5, 5.41) is 44.2. The average Bonchev–Trinajstić information content (AvgIpc) is 2.62. The normalized spacial score (nSPS) is 11.3. The number of azo groups is 1. The number of nitrogens with one attached hydrogen (secondary N) is 1. The van der Waals surface area contributed by atoms with Crippen LogP contribution >= 0.6 is 0 Å². The summed E-state index contributed by atoms with van der Waals surface area (Å²) < 4.78 is 33.5. The van der Waals surface area contributed by atoms with Crippen LogP contribution in [0.2, 0.25) is 0 Å². The van der Waals surface area contributed by atoms with Gasteiger partial charge < -0.3 is 25.6 Å². The Balaban J connectivity index is 0. The van der Waals surface area contributed by atoms with Crippen LogP contribution in [0.3, 0.4) is 0 Å². The van der Waals surface area contributed by atoms with Crippen LogP contribution < -0.4 is 45.1 Å². The van der Waals surface area contributed by atoms with E-state index in [1.54, 1.807) is 18.2 Å². The third-order valence-electron chi connectivity index (χ3n) is 3.34. The molecule has 163 valence electrons. The zero-order valence-electron chi connectivity index (χ0n) is 16.4. The molecule has 0 saturated heterocycles. The number of rotatable bonds is 7. The SMILES string of the molecule is CC(=O)/C(N=Nc1cc([N+](=O)[O-])cc(S(=O)(=O)[O-])c1[O-])=C(/[O-])Nc1ccccc1.[Cr+3].[Na+].[OH-]. The van der Waals surface area contributed by atoms with Crippen molar-refractivity contribution >= 4 is 33.0 Å². The molecule has 0 spiro atoms. The van der Waals surface area contributed by atoms with Gasteiger partial charge in [-0.05, 0) is 18.0 Å². The largest absolute Gasteiger partial charge is 3.00 e. The number of nitro groups is 1. The van der Waals surface area contributed by atoms with E-state index >= 15 is 0 Å². The first kappa shape index (κ1) is 31.8. The van der Waals surface area contributed by atoms with Crippen molar-refractivity contribution in [1.29, 1.82) is 0 Å². The van der Waals surface area contributed by atoms with Gasteiger partial charge in [0.25, 0.3) is 5.69 Å². The Labute approximate surface area is 214 Å². The predicted molar refractivity (Wildman–Crippen MR) is 94.7 cm³/mol. The minimum atomic E-state index is -5.35. The van der Waals surface area contributed by atoms with Gasteiger partial charge in [-0.2, -0.15) is 5.11 Å². The van der Waals surface area contributed by atoms with Crippen molar-refractivity contribution in [2.24, 2.45) is 10.2 Å². The Hall–Kier alpha value is -2.35. The number of carbonyl (C=O) groups is 1. The number of carbonyl (C=O) groups excluding carboxylic acids is 1.